The monoisotopic (exact) mass is 444 g/mol. The van der Waals surface area contributed by atoms with Gasteiger partial charge < -0.3 is 10.1 Å². The lowest BCUT2D eigenvalue weighted by Crippen LogP contribution is -2.14. The Kier molecular flexibility index (Phi) is 6.52. The van der Waals surface area contributed by atoms with E-state index in [1.54, 1.807) is 42.6 Å². The molecule has 0 bridgehead atoms. The predicted molar refractivity (Wildman–Crippen MR) is 125 cm³/mol. The van der Waals surface area contributed by atoms with Crippen LogP contribution in [0, 0.1) is 0 Å². The lowest BCUT2D eigenvalue weighted by atomic mass is 10.1. The van der Waals surface area contributed by atoms with Gasteiger partial charge in [0.25, 0.3) is 11.8 Å². The molecular formula is C24H20N4O3S. The third kappa shape index (κ3) is 5.16. The molecule has 2 aromatic carbocycles. The summed E-state index contributed by atoms with van der Waals surface area (Å²) in [5.41, 5.74) is 3.07. The van der Waals surface area contributed by atoms with Gasteiger partial charge >= 0.3 is 0 Å². The number of rotatable bonds is 7. The van der Waals surface area contributed by atoms with Gasteiger partial charge in [0.1, 0.15) is 5.75 Å². The number of aromatic nitrogens is 2. The quantitative estimate of drug-likeness (QED) is 0.413. The fourth-order valence-electron chi connectivity index (χ4n) is 2.96. The Morgan fingerprint density at radius 3 is 2.50 bits per heavy atom. The van der Waals surface area contributed by atoms with Crippen molar-refractivity contribution >= 4 is 34.0 Å². The number of benzene rings is 2. The van der Waals surface area contributed by atoms with Crippen LogP contribution in [-0.2, 0) is 0 Å². The fourth-order valence-corrected chi connectivity index (χ4v) is 3.67. The van der Waals surface area contributed by atoms with Gasteiger partial charge in [0.05, 0.1) is 17.9 Å². The number of nitrogens with one attached hydrogen (secondary N) is 2. The Morgan fingerprint density at radius 1 is 0.969 bits per heavy atom. The van der Waals surface area contributed by atoms with E-state index in [1.165, 1.54) is 17.5 Å². The van der Waals surface area contributed by atoms with Crippen molar-refractivity contribution in [2.24, 2.45) is 0 Å². The van der Waals surface area contributed by atoms with Gasteiger partial charge in [0.15, 0.2) is 5.13 Å². The van der Waals surface area contributed by atoms with E-state index in [2.05, 4.69) is 20.6 Å². The minimum atomic E-state index is -0.310. The van der Waals surface area contributed by atoms with Gasteiger partial charge in [-0.3, -0.25) is 19.9 Å². The molecule has 160 valence electrons. The summed E-state index contributed by atoms with van der Waals surface area (Å²) in [6.45, 7) is 2.55. The highest BCUT2D eigenvalue weighted by Crippen LogP contribution is 2.27. The maximum atomic E-state index is 12.7. The highest BCUT2D eigenvalue weighted by molar-refractivity contribution is 7.14. The highest BCUT2D eigenvalue weighted by atomic mass is 32.1. The average molecular weight is 445 g/mol. The molecule has 7 nitrogen and oxygen atoms in total. The number of ether oxygens (including phenoxy) is 1. The summed E-state index contributed by atoms with van der Waals surface area (Å²) in [7, 11) is 0. The Morgan fingerprint density at radius 2 is 1.75 bits per heavy atom. The number of anilines is 2. The molecule has 0 radical (unpaired) electrons. The van der Waals surface area contributed by atoms with E-state index in [1.807, 2.05) is 36.6 Å². The van der Waals surface area contributed by atoms with Crippen LogP contribution < -0.4 is 15.4 Å². The molecule has 0 atom stereocenters. The summed E-state index contributed by atoms with van der Waals surface area (Å²) in [4.78, 5) is 33.5. The zero-order valence-electron chi connectivity index (χ0n) is 17.2. The Hall–Kier alpha value is -4.04. The van der Waals surface area contributed by atoms with Crippen LogP contribution >= 0.6 is 11.3 Å². The number of carbonyl (C=O) groups excluding carboxylic acids is 2. The van der Waals surface area contributed by atoms with Crippen LogP contribution in [0.25, 0.3) is 11.3 Å². The molecule has 0 aliphatic heterocycles. The Labute approximate surface area is 189 Å². The minimum Gasteiger partial charge on any atom is -0.494 e. The maximum Gasteiger partial charge on any atom is 0.257 e. The molecule has 0 spiro atoms. The zero-order chi connectivity index (χ0) is 22.3. The second-order valence-corrected chi connectivity index (χ2v) is 7.58. The third-order valence-corrected chi connectivity index (χ3v) is 5.25. The lowest BCUT2D eigenvalue weighted by molar-refractivity contribution is 0.101. The van der Waals surface area contributed by atoms with Gasteiger partial charge in [0.2, 0.25) is 0 Å². The van der Waals surface area contributed by atoms with Crippen molar-refractivity contribution < 1.29 is 14.3 Å². The molecule has 0 aliphatic rings. The van der Waals surface area contributed by atoms with Crippen molar-refractivity contribution in [3.63, 3.8) is 0 Å². The van der Waals surface area contributed by atoms with Crippen molar-refractivity contribution in [2.75, 3.05) is 17.2 Å². The number of nitrogens with zero attached hydrogens (tertiary/aromatic N) is 2. The van der Waals surface area contributed by atoms with E-state index in [4.69, 9.17) is 4.74 Å². The third-order valence-electron chi connectivity index (χ3n) is 4.49. The summed E-state index contributed by atoms with van der Waals surface area (Å²) >= 11 is 1.34. The standard InChI is InChI=1S/C24H20N4O3S/c1-2-31-20-10-8-16(9-11-20)21-15-32-24(27-21)28-22(29)17-5-3-7-19(13-17)26-23(30)18-6-4-12-25-14-18/h3-15H,2H2,1H3,(H,26,30)(H,27,28,29). The lowest BCUT2D eigenvalue weighted by Gasteiger charge is -2.07. The smallest absolute Gasteiger partial charge is 0.257 e. The fraction of sp³-hybridized carbons (Fsp3) is 0.0833. The van der Waals surface area contributed by atoms with E-state index >= 15 is 0 Å². The van der Waals surface area contributed by atoms with E-state index in [0.717, 1.165) is 17.0 Å². The summed E-state index contributed by atoms with van der Waals surface area (Å²) in [6, 6.07) is 17.7. The molecule has 0 fully saturated rings. The van der Waals surface area contributed by atoms with Crippen LogP contribution in [0.2, 0.25) is 0 Å². The van der Waals surface area contributed by atoms with E-state index < -0.39 is 0 Å². The SMILES string of the molecule is CCOc1ccc(-c2csc(NC(=O)c3cccc(NC(=O)c4cccnc4)c3)n2)cc1. The van der Waals surface area contributed by atoms with E-state index in [-0.39, 0.29) is 11.8 Å². The van der Waals surface area contributed by atoms with Crippen LogP contribution in [0.1, 0.15) is 27.6 Å². The molecule has 8 heteroatoms. The molecule has 2 aromatic heterocycles. The molecule has 2 amide bonds. The molecule has 2 N–H and O–H groups in total. The first-order valence-electron chi connectivity index (χ1n) is 9.94. The maximum absolute atomic E-state index is 12.7. The summed E-state index contributed by atoms with van der Waals surface area (Å²) < 4.78 is 5.46. The van der Waals surface area contributed by atoms with Gasteiger partial charge in [-0.15, -0.1) is 11.3 Å². The first-order valence-corrected chi connectivity index (χ1v) is 10.8. The predicted octanol–water partition coefficient (Wildman–Crippen LogP) is 5.11. The molecule has 0 saturated carbocycles. The topological polar surface area (TPSA) is 93.2 Å². The summed E-state index contributed by atoms with van der Waals surface area (Å²) in [5.74, 6) is 0.196. The van der Waals surface area contributed by atoms with E-state index in [9.17, 15) is 9.59 Å². The minimum absolute atomic E-state index is 0.296. The first kappa shape index (κ1) is 21.2. The van der Waals surface area contributed by atoms with Crippen LogP contribution in [0.4, 0.5) is 10.8 Å². The Balaban J connectivity index is 1.42. The van der Waals surface area contributed by atoms with Gasteiger partial charge in [0, 0.05) is 34.6 Å². The summed E-state index contributed by atoms with van der Waals surface area (Å²) in [6.07, 6.45) is 3.08. The molecule has 32 heavy (non-hydrogen) atoms. The van der Waals surface area contributed by atoms with Crippen molar-refractivity contribution in [1.82, 2.24) is 9.97 Å². The van der Waals surface area contributed by atoms with Crippen molar-refractivity contribution in [1.29, 1.82) is 0 Å². The number of hydrogen-bond donors (Lipinski definition) is 2. The second kappa shape index (κ2) is 9.84. The van der Waals surface area contributed by atoms with Gasteiger partial charge in [-0.1, -0.05) is 6.07 Å². The molecule has 0 unspecified atom stereocenters. The molecule has 4 rings (SSSR count). The summed E-state index contributed by atoms with van der Waals surface area (Å²) in [5, 5.41) is 7.96. The Bertz CT molecular complexity index is 1220. The van der Waals surface area contributed by atoms with Crippen molar-refractivity contribution in [2.45, 2.75) is 6.92 Å². The van der Waals surface area contributed by atoms with Crippen LogP contribution in [0.15, 0.2) is 78.4 Å². The van der Waals surface area contributed by atoms with Crippen molar-refractivity contribution in [3.8, 4) is 17.0 Å². The molecule has 0 aliphatic carbocycles. The number of carbonyl (C=O) groups is 2. The zero-order valence-corrected chi connectivity index (χ0v) is 18.1. The molecular weight excluding hydrogens is 424 g/mol. The largest absolute Gasteiger partial charge is 0.494 e. The average Bonchev–Trinajstić information content (AvgIpc) is 3.29. The van der Waals surface area contributed by atoms with Gasteiger partial charge in [-0.05, 0) is 61.5 Å². The van der Waals surface area contributed by atoms with Crippen LogP contribution in [0.5, 0.6) is 5.75 Å². The molecule has 4 aromatic rings. The number of thiazole rings is 1. The molecule has 2 heterocycles. The van der Waals surface area contributed by atoms with Crippen LogP contribution in [-0.4, -0.2) is 28.4 Å². The number of amides is 2. The van der Waals surface area contributed by atoms with Crippen molar-refractivity contribution in [3.05, 3.63) is 89.6 Å². The number of pyridine rings is 1. The van der Waals surface area contributed by atoms with Gasteiger partial charge in [-0.25, -0.2) is 4.98 Å². The first-order chi connectivity index (χ1) is 15.6. The number of hydrogen-bond acceptors (Lipinski definition) is 6. The van der Waals surface area contributed by atoms with Crippen LogP contribution in [0.3, 0.4) is 0 Å². The second-order valence-electron chi connectivity index (χ2n) is 6.73. The highest BCUT2D eigenvalue weighted by Gasteiger charge is 2.12. The normalized spacial score (nSPS) is 10.4. The van der Waals surface area contributed by atoms with Gasteiger partial charge in [-0.2, -0.15) is 0 Å². The molecule has 0 saturated heterocycles. The van der Waals surface area contributed by atoms with E-state index in [0.29, 0.717) is 28.6 Å².